The number of rotatable bonds is 5. The fraction of sp³-hybridized carbons (Fsp3) is 0.346. The highest BCUT2D eigenvalue weighted by Crippen LogP contribution is 2.21. The molecule has 1 aliphatic heterocycles. The smallest absolute Gasteiger partial charge is 0.252 e. The van der Waals surface area contributed by atoms with Crippen LogP contribution < -0.4 is 5.32 Å². The Kier molecular flexibility index (Phi) is 6.70. The highest BCUT2D eigenvalue weighted by atomic mass is 19.1. The number of nitrogens with one attached hydrogen (secondary N) is 1. The molecule has 0 saturated carbocycles. The predicted molar refractivity (Wildman–Crippen MR) is 124 cm³/mol. The van der Waals surface area contributed by atoms with Gasteiger partial charge in [-0.3, -0.25) is 14.6 Å². The lowest BCUT2D eigenvalue weighted by Gasteiger charge is -2.33. The molecule has 0 bridgehead atoms. The molecule has 33 heavy (non-hydrogen) atoms. The van der Waals surface area contributed by atoms with Crippen molar-refractivity contribution in [2.24, 2.45) is 5.92 Å². The molecule has 6 nitrogen and oxygen atoms in total. The van der Waals surface area contributed by atoms with E-state index in [0.717, 1.165) is 23.3 Å². The second-order valence-corrected chi connectivity index (χ2v) is 9.04. The van der Waals surface area contributed by atoms with Crippen molar-refractivity contribution in [3.63, 3.8) is 0 Å². The van der Waals surface area contributed by atoms with Crippen LogP contribution in [0.15, 0.2) is 60.9 Å². The molecule has 1 aliphatic rings. The number of benzene rings is 2. The summed E-state index contributed by atoms with van der Waals surface area (Å²) < 4.78 is 19.3. The number of carbonyl (C=O) groups excluding carboxylic acids is 2. The summed E-state index contributed by atoms with van der Waals surface area (Å²) in [5, 5.41) is 4.98. The molecule has 1 fully saturated rings. The molecule has 1 atom stereocenters. The van der Waals surface area contributed by atoms with Crippen molar-refractivity contribution in [1.29, 1.82) is 0 Å². The molecule has 0 aliphatic carbocycles. The lowest BCUT2D eigenvalue weighted by molar-refractivity contribution is -0.137. The first-order valence-corrected chi connectivity index (χ1v) is 11.1. The maximum Gasteiger partial charge on any atom is 0.252 e. The normalized spacial score (nSPS) is 16.9. The number of carbonyl (C=O) groups is 2. The Balaban J connectivity index is 1.44. The van der Waals surface area contributed by atoms with Gasteiger partial charge in [0.1, 0.15) is 11.4 Å². The third-order valence-corrected chi connectivity index (χ3v) is 5.90. The summed E-state index contributed by atoms with van der Waals surface area (Å²) in [5.74, 6) is -1.04. The zero-order valence-electron chi connectivity index (χ0n) is 18.9. The number of hydrogen-bond donors (Lipinski definition) is 1. The van der Waals surface area contributed by atoms with Crippen LogP contribution in [0.4, 0.5) is 4.39 Å². The second-order valence-electron chi connectivity index (χ2n) is 9.04. The van der Waals surface area contributed by atoms with Gasteiger partial charge in [0.15, 0.2) is 0 Å². The van der Waals surface area contributed by atoms with Crippen LogP contribution in [-0.4, -0.2) is 53.5 Å². The van der Waals surface area contributed by atoms with Gasteiger partial charge in [-0.1, -0.05) is 24.3 Å². The monoisotopic (exact) mass is 449 g/mol. The van der Waals surface area contributed by atoms with E-state index in [4.69, 9.17) is 4.74 Å². The van der Waals surface area contributed by atoms with E-state index in [9.17, 15) is 14.0 Å². The van der Waals surface area contributed by atoms with E-state index in [1.165, 1.54) is 23.8 Å². The largest absolute Gasteiger partial charge is 0.379 e. The third-order valence-electron chi connectivity index (χ3n) is 5.90. The van der Waals surface area contributed by atoms with Gasteiger partial charge in [-0.05, 0) is 55.5 Å². The van der Waals surface area contributed by atoms with E-state index >= 15 is 0 Å². The van der Waals surface area contributed by atoms with Crippen LogP contribution in [0.3, 0.4) is 0 Å². The van der Waals surface area contributed by atoms with Gasteiger partial charge in [0.2, 0.25) is 5.91 Å². The minimum absolute atomic E-state index is 0.130. The van der Waals surface area contributed by atoms with Crippen molar-refractivity contribution in [1.82, 2.24) is 15.2 Å². The average molecular weight is 450 g/mol. The Hall–Kier alpha value is -3.32. The van der Waals surface area contributed by atoms with Crippen molar-refractivity contribution in [2.75, 3.05) is 26.3 Å². The first kappa shape index (κ1) is 22.9. The lowest BCUT2D eigenvalue weighted by Crippen LogP contribution is -2.56. The summed E-state index contributed by atoms with van der Waals surface area (Å²) in [7, 11) is 0. The van der Waals surface area contributed by atoms with Crippen LogP contribution in [0, 0.1) is 11.7 Å². The summed E-state index contributed by atoms with van der Waals surface area (Å²) in [6.07, 6.45) is 4.40. The molecule has 2 aromatic carbocycles. The molecular weight excluding hydrogens is 421 g/mol. The van der Waals surface area contributed by atoms with Gasteiger partial charge in [0, 0.05) is 42.4 Å². The average Bonchev–Trinajstić information content (AvgIpc) is 3.03. The molecule has 4 rings (SSSR count). The van der Waals surface area contributed by atoms with Crippen molar-refractivity contribution in [3.8, 4) is 0 Å². The van der Waals surface area contributed by atoms with Gasteiger partial charge in [-0.15, -0.1) is 0 Å². The van der Waals surface area contributed by atoms with Crippen LogP contribution in [0.5, 0.6) is 0 Å². The van der Waals surface area contributed by atoms with Crippen molar-refractivity contribution >= 4 is 22.6 Å². The molecule has 0 radical (unpaired) electrons. The van der Waals surface area contributed by atoms with Gasteiger partial charge < -0.3 is 15.0 Å². The van der Waals surface area contributed by atoms with Crippen LogP contribution >= 0.6 is 0 Å². The first-order chi connectivity index (χ1) is 15.8. The van der Waals surface area contributed by atoms with Crippen LogP contribution in [-0.2, 0) is 16.0 Å². The molecule has 7 heteroatoms. The molecule has 1 aromatic heterocycles. The molecule has 2 amide bonds. The second kappa shape index (κ2) is 9.67. The summed E-state index contributed by atoms with van der Waals surface area (Å²) in [5.41, 5.74) is 0.212. The number of ether oxygens (including phenoxy) is 1. The van der Waals surface area contributed by atoms with E-state index in [0.29, 0.717) is 26.3 Å². The Labute approximate surface area is 192 Å². The number of hydrogen-bond acceptors (Lipinski definition) is 4. The zero-order valence-corrected chi connectivity index (χ0v) is 18.9. The van der Waals surface area contributed by atoms with E-state index in [2.05, 4.69) is 28.5 Å². The van der Waals surface area contributed by atoms with E-state index in [-0.39, 0.29) is 17.4 Å². The van der Waals surface area contributed by atoms with Gasteiger partial charge >= 0.3 is 0 Å². The van der Waals surface area contributed by atoms with Gasteiger partial charge in [-0.2, -0.15) is 0 Å². The van der Waals surface area contributed by atoms with Crippen LogP contribution in [0.2, 0.25) is 0 Å². The van der Waals surface area contributed by atoms with Crippen molar-refractivity contribution < 1.29 is 18.7 Å². The zero-order chi connectivity index (χ0) is 23.4. The molecule has 3 aromatic rings. The van der Waals surface area contributed by atoms with E-state index in [1.54, 1.807) is 24.9 Å². The van der Waals surface area contributed by atoms with Gasteiger partial charge in [0.05, 0.1) is 13.2 Å². The van der Waals surface area contributed by atoms with Gasteiger partial charge in [-0.25, -0.2) is 4.39 Å². The molecule has 0 spiro atoms. The Morgan fingerprint density at radius 2 is 2.03 bits per heavy atom. The maximum atomic E-state index is 13.5. The SMILES string of the molecule is CC(C)(NC(=O)c1cccc(F)c1)C(=O)N1CCOC[C@@H](Cc2ccc3cnccc3c2)C1. The lowest BCUT2D eigenvalue weighted by atomic mass is 9.96. The molecule has 1 saturated heterocycles. The summed E-state index contributed by atoms with van der Waals surface area (Å²) in [6.45, 7) is 5.34. The molecule has 1 N–H and O–H groups in total. The maximum absolute atomic E-state index is 13.5. The fourth-order valence-electron chi connectivity index (χ4n) is 4.22. The topological polar surface area (TPSA) is 71.5 Å². The minimum atomic E-state index is -1.14. The first-order valence-electron chi connectivity index (χ1n) is 11.1. The third kappa shape index (κ3) is 5.54. The van der Waals surface area contributed by atoms with E-state index < -0.39 is 17.3 Å². The van der Waals surface area contributed by atoms with Crippen molar-refractivity contribution in [2.45, 2.75) is 25.8 Å². The number of nitrogens with zero attached hydrogens (tertiary/aromatic N) is 2. The molecular formula is C26H28FN3O3. The van der Waals surface area contributed by atoms with E-state index in [1.807, 2.05) is 12.3 Å². The number of amides is 2. The molecule has 2 heterocycles. The standard InChI is InChI=1S/C26H28FN3O3/c1-26(2,29-24(31)21-4-3-5-23(27)14-21)25(32)30-10-11-33-17-19(16-30)12-18-6-7-22-15-28-9-8-20(22)13-18/h3-9,13-15,19H,10-12,16-17H2,1-2H3,(H,29,31)/t19-/m0/s1. The van der Waals surface area contributed by atoms with Crippen LogP contribution in [0.25, 0.3) is 10.8 Å². The number of pyridine rings is 1. The minimum Gasteiger partial charge on any atom is -0.379 e. The fourth-order valence-corrected chi connectivity index (χ4v) is 4.22. The number of fused-ring (bicyclic) bond motifs is 1. The number of halogens is 1. The highest BCUT2D eigenvalue weighted by molar-refractivity contribution is 5.99. The molecule has 0 unspecified atom stereocenters. The van der Waals surface area contributed by atoms with Crippen LogP contribution in [0.1, 0.15) is 29.8 Å². The van der Waals surface area contributed by atoms with Gasteiger partial charge in [0.25, 0.3) is 5.91 Å². The molecule has 172 valence electrons. The number of aromatic nitrogens is 1. The summed E-state index contributed by atoms with van der Waals surface area (Å²) in [6, 6.07) is 13.7. The summed E-state index contributed by atoms with van der Waals surface area (Å²) in [4.78, 5) is 31.9. The Bertz CT molecular complexity index is 1160. The quantitative estimate of drug-likeness (QED) is 0.646. The Morgan fingerprint density at radius 3 is 2.85 bits per heavy atom. The summed E-state index contributed by atoms with van der Waals surface area (Å²) >= 11 is 0. The predicted octanol–water partition coefficient (Wildman–Crippen LogP) is 3.60. The van der Waals surface area contributed by atoms with Crippen molar-refractivity contribution in [3.05, 3.63) is 77.9 Å². The Morgan fingerprint density at radius 1 is 1.18 bits per heavy atom. The highest BCUT2D eigenvalue weighted by Gasteiger charge is 2.35.